The molecule has 2 aromatic rings. The summed E-state index contributed by atoms with van der Waals surface area (Å²) in [7, 11) is 2.65. The molecular formula is C25H28N2O5. The minimum atomic E-state index is -0.546. The van der Waals surface area contributed by atoms with E-state index in [1.165, 1.54) is 14.2 Å². The Labute approximate surface area is 187 Å². The number of carbonyl (C=O) groups is 3. The van der Waals surface area contributed by atoms with Gasteiger partial charge in [0.1, 0.15) is 0 Å². The summed E-state index contributed by atoms with van der Waals surface area (Å²) in [4.78, 5) is 39.6. The Balaban J connectivity index is 2.19. The van der Waals surface area contributed by atoms with E-state index < -0.39 is 11.9 Å². The van der Waals surface area contributed by atoms with E-state index in [1.54, 1.807) is 30.0 Å². The Kier molecular flexibility index (Phi) is 6.39. The Hall–Kier alpha value is -3.61. The number of amides is 1. The van der Waals surface area contributed by atoms with Crippen LogP contribution in [0, 0.1) is 13.8 Å². The van der Waals surface area contributed by atoms with Gasteiger partial charge in [0.25, 0.3) is 5.91 Å². The minimum absolute atomic E-state index is 0.104. The van der Waals surface area contributed by atoms with E-state index in [4.69, 9.17) is 9.47 Å². The van der Waals surface area contributed by atoms with Gasteiger partial charge in [0, 0.05) is 23.1 Å². The van der Waals surface area contributed by atoms with Crippen molar-refractivity contribution in [1.29, 1.82) is 0 Å². The van der Waals surface area contributed by atoms with Gasteiger partial charge >= 0.3 is 11.9 Å². The number of benzene rings is 1. The highest BCUT2D eigenvalue weighted by molar-refractivity contribution is 6.16. The van der Waals surface area contributed by atoms with Crippen LogP contribution in [0.25, 0.3) is 11.8 Å². The molecule has 1 aromatic carbocycles. The first-order valence-corrected chi connectivity index (χ1v) is 10.4. The van der Waals surface area contributed by atoms with Crippen LogP contribution in [0.5, 0.6) is 0 Å². The number of carbonyl (C=O) groups excluding carboxylic acids is 3. The van der Waals surface area contributed by atoms with E-state index in [-0.39, 0.29) is 17.5 Å². The van der Waals surface area contributed by atoms with Crippen molar-refractivity contribution >= 4 is 23.9 Å². The van der Waals surface area contributed by atoms with Crippen LogP contribution >= 0.6 is 0 Å². The molecule has 0 atom stereocenters. The molecule has 0 N–H and O–H groups in total. The highest BCUT2D eigenvalue weighted by Gasteiger charge is 2.38. The number of hydrogen-bond donors (Lipinski definition) is 0. The van der Waals surface area contributed by atoms with Crippen molar-refractivity contribution in [2.75, 3.05) is 14.2 Å². The van der Waals surface area contributed by atoms with E-state index in [0.717, 1.165) is 17.0 Å². The minimum Gasteiger partial charge on any atom is -0.465 e. The summed E-state index contributed by atoms with van der Waals surface area (Å²) < 4.78 is 11.8. The van der Waals surface area contributed by atoms with Crippen molar-refractivity contribution in [1.82, 2.24) is 9.47 Å². The van der Waals surface area contributed by atoms with Gasteiger partial charge in [0.05, 0.1) is 36.6 Å². The fourth-order valence-electron chi connectivity index (χ4n) is 4.23. The van der Waals surface area contributed by atoms with Crippen LogP contribution < -0.4 is 0 Å². The van der Waals surface area contributed by atoms with Crippen LogP contribution in [-0.2, 0) is 19.1 Å². The Morgan fingerprint density at radius 2 is 1.62 bits per heavy atom. The quantitative estimate of drug-likeness (QED) is 0.524. The normalized spacial score (nSPS) is 15.2. The lowest BCUT2D eigenvalue weighted by atomic mass is 10.0. The molecule has 7 nitrogen and oxygen atoms in total. The van der Waals surface area contributed by atoms with Crippen LogP contribution in [0.1, 0.15) is 48.1 Å². The van der Waals surface area contributed by atoms with Gasteiger partial charge in [-0.25, -0.2) is 9.59 Å². The molecule has 2 heterocycles. The number of allylic oxidation sites excluding steroid dienone is 1. The summed E-state index contributed by atoms with van der Waals surface area (Å²) in [5, 5.41) is 0. The van der Waals surface area contributed by atoms with Gasteiger partial charge in [0.15, 0.2) is 0 Å². The Morgan fingerprint density at radius 1 is 1.00 bits per heavy atom. The molecule has 1 aromatic heterocycles. The summed E-state index contributed by atoms with van der Waals surface area (Å²) in [6.07, 6.45) is 1.72. The van der Waals surface area contributed by atoms with Crippen LogP contribution in [0.15, 0.2) is 47.2 Å². The lowest BCUT2D eigenvalue weighted by Crippen LogP contribution is -2.31. The zero-order valence-electron chi connectivity index (χ0n) is 19.5. The number of nitrogens with zero attached hydrogens (tertiary/aromatic N) is 2. The molecule has 0 aliphatic carbocycles. The fraction of sp³-hybridized carbons (Fsp3) is 0.320. The molecule has 168 valence electrons. The fourth-order valence-corrected chi connectivity index (χ4v) is 4.23. The van der Waals surface area contributed by atoms with E-state index in [2.05, 4.69) is 0 Å². The van der Waals surface area contributed by atoms with Gasteiger partial charge in [-0.15, -0.1) is 0 Å². The third-order valence-electron chi connectivity index (χ3n) is 5.67. The topological polar surface area (TPSA) is 77.8 Å². The molecule has 0 saturated carbocycles. The second-order valence-corrected chi connectivity index (χ2v) is 7.95. The summed E-state index contributed by atoms with van der Waals surface area (Å²) in [6, 6.07) is 9.00. The number of aromatic nitrogens is 1. The Bertz CT molecular complexity index is 1170. The third-order valence-corrected chi connectivity index (χ3v) is 5.67. The number of methoxy groups -OCH3 is 2. The first kappa shape index (κ1) is 23.1. The summed E-state index contributed by atoms with van der Waals surface area (Å²) in [5.74, 6) is -1.22. The van der Waals surface area contributed by atoms with Gasteiger partial charge in [-0.1, -0.05) is 12.1 Å². The van der Waals surface area contributed by atoms with Gasteiger partial charge in [-0.3, -0.25) is 4.79 Å². The predicted molar refractivity (Wildman–Crippen MR) is 121 cm³/mol. The number of ether oxygens (including phenoxy) is 2. The van der Waals surface area contributed by atoms with E-state index in [9.17, 15) is 14.4 Å². The average molecular weight is 437 g/mol. The summed E-state index contributed by atoms with van der Waals surface area (Å²) >= 11 is 0. The molecule has 0 radical (unpaired) electrons. The Morgan fingerprint density at radius 3 is 2.22 bits per heavy atom. The SMILES string of the molecule is COC(=O)C1=C(C)N(C(C)C)C(=O)/C1=C\c1cc(C)n(-c2ccccc2C(=O)OC)c1C. The van der Waals surface area contributed by atoms with Crippen molar-refractivity contribution in [3.05, 3.63) is 69.7 Å². The largest absolute Gasteiger partial charge is 0.465 e. The van der Waals surface area contributed by atoms with Crippen molar-refractivity contribution < 1.29 is 23.9 Å². The molecule has 0 fully saturated rings. The highest BCUT2D eigenvalue weighted by Crippen LogP contribution is 2.34. The van der Waals surface area contributed by atoms with Gasteiger partial charge < -0.3 is 18.9 Å². The predicted octanol–water partition coefficient (Wildman–Crippen LogP) is 3.96. The van der Waals surface area contributed by atoms with Gasteiger partial charge in [-0.05, 0) is 64.5 Å². The van der Waals surface area contributed by atoms with Crippen LogP contribution in [0.2, 0.25) is 0 Å². The molecule has 32 heavy (non-hydrogen) atoms. The maximum Gasteiger partial charge on any atom is 0.340 e. The molecular weight excluding hydrogens is 408 g/mol. The number of hydrogen-bond acceptors (Lipinski definition) is 5. The van der Waals surface area contributed by atoms with Crippen LogP contribution in [0.3, 0.4) is 0 Å². The summed E-state index contributed by atoms with van der Waals surface area (Å²) in [6.45, 7) is 9.37. The molecule has 0 bridgehead atoms. The lowest BCUT2D eigenvalue weighted by molar-refractivity contribution is -0.136. The van der Waals surface area contributed by atoms with E-state index in [0.29, 0.717) is 22.5 Å². The maximum atomic E-state index is 13.2. The zero-order chi connectivity index (χ0) is 23.7. The first-order valence-electron chi connectivity index (χ1n) is 10.4. The highest BCUT2D eigenvalue weighted by atomic mass is 16.5. The van der Waals surface area contributed by atoms with Gasteiger partial charge in [0.2, 0.25) is 0 Å². The molecule has 3 rings (SSSR count). The summed E-state index contributed by atoms with van der Waals surface area (Å²) in [5.41, 5.74) is 4.72. The second-order valence-electron chi connectivity index (χ2n) is 7.95. The molecule has 1 aliphatic heterocycles. The molecule has 0 saturated heterocycles. The standard InChI is InChI=1S/C25H28N2O5/c1-14(2)26-17(5)22(25(30)32-7)20(23(26)28)13-18-12-15(3)27(16(18)4)21-11-9-8-10-19(21)24(29)31-6/h8-14H,1-7H3/b20-13-. The van der Waals surface area contributed by atoms with E-state index >= 15 is 0 Å². The zero-order valence-corrected chi connectivity index (χ0v) is 19.5. The number of esters is 2. The van der Waals surface area contributed by atoms with Crippen molar-refractivity contribution in [2.24, 2.45) is 0 Å². The molecule has 1 amide bonds. The average Bonchev–Trinajstić information content (AvgIpc) is 3.18. The maximum absolute atomic E-state index is 13.2. The van der Waals surface area contributed by atoms with Crippen molar-refractivity contribution in [3.63, 3.8) is 0 Å². The smallest absolute Gasteiger partial charge is 0.340 e. The van der Waals surface area contributed by atoms with E-state index in [1.807, 2.05) is 50.5 Å². The van der Waals surface area contributed by atoms with Crippen LogP contribution in [-0.4, -0.2) is 47.6 Å². The lowest BCUT2D eigenvalue weighted by Gasteiger charge is -2.22. The number of rotatable bonds is 5. The first-order chi connectivity index (χ1) is 15.1. The molecule has 0 unspecified atom stereocenters. The molecule has 7 heteroatoms. The van der Waals surface area contributed by atoms with Crippen molar-refractivity contribution in [3.8, 4) is 5.69 Å². The van der Waals surface area contributed by atoms with Crippen molar-refractivity contribution in [2.45, 2.75) is 40.7 Å². The van der Waals surface area contributed by atoms with Gasteiger partial charge in [-0.2, -0.15) is 0 Å². The number of aryl methyl sites for hydroxylation is 1. The second kappa shape index (κ2) is 8.86. The third kappa shape index (κ3) is 3.75. The van der Waals surface area contributed by atoms with Crippen LogP contribution in [0.4, 0.5) is 0 Å². The number of para-hydroxylation sites is 1. The monoisotopic (exact) mass is 436 g/mol. The molecule has 0 spiro atoms. The molecule has 1 aliphatic rings.